The minimum Gasteiger partial charge on any atom is -0.483 e. The Labute approximate surface area is 151 Å². The van der Waals surface area contributed by atoms with Crippen molar-refractivity contribution in [3.63, 3.8) is 0 Å². The minimum atomic E-state index is -0.304. The van der Waals surface area contributed by atoms with Crippen LogP contribution in [0.3, 0.4) is 0 Å². The van der Waals surface area contributed by atoms with Crippen molar-refractivity contribution in [3.8, 4) is 5.75 Å². The normalized spacial score (nSPS) is 23.4. The van der Waals surface area contributed by atoms with Gasteiger partial charge in [-0.15, -0.1) is 12.4 Å². The maximum atomic E-state index is 12.0. The van der Waals surface area contributed by atoms with E-state index in [9.17, 15) is 4.79 Å². The molecule has 1 fully saturated rings. The first-order valence-corrected chi connectivity index (χ1v) is 8.22. The Balaban J connectivity index is 0.00000157. The summed E-state index contributed by atoms with van der Waals surface area (Å²) in [6, 6.07) is 6.00. The van der Waals surface area contributed by atoms with E-state index >= 15 is 0 Å². The lowest BCUT2D eigenvalue weighted by Gasteiger charge is -2.42. The summed E-state index contributed by atoms with van der Waals surface area (Å²) in [4.78, 5) is 14.0. The molecule has 0 radical (unpaired) electrons. The summed E-state index contributed by atoms with van der Waals surface area (Å²) in [5, 5.41) is 8.65. The number of rotatable bonds is 1. The Bertz CT molecular complexity index is 902. The van der Waals surface area contributed by atoms with Crippen LogP contribution in [-0.2, 0) is 10.3 Å². The fraction of sp³-hybridized carbons (Fsp3) is 0.412. The molecule has 1 unspecified atom stereocenters. The molecule has 25 heavy (non-hydrogen) atoms. The standard InChI is InChI=1S/C17H19N5O2.ClH/c1-10-16(23)20-19-15-7-24-14-5-11-3-4-21(17(2)8-18-9-17)12(11)6-13(14)22(10)15;/h3-6,10,18H,7-9H2,1-2H3,(H,20,23);1H. The van der Waals surface area contributed by atoms with E-state index in [4.69, 9.17) is 4.74 Å². The molecule has 2 N–H and O–H groups in total. The van der Waals surface area contributed by atoms with Crippen LogP contribution in [0.5, 0.6) is 5.75 Å². The van der Waals surface area contributed by atoms with Crippen molar-refractivity contribution in [2.45, 2.75) is 25.4 Å². The third-order valence-electron chi connectivity index (χ3n) is 5.32. The largest absolute Gasteiger partial charge is 0.483 e. The second-order valence-corrected chi connectivity index (χ2v) is 7.00. The number of hydrazone groups is 1. The Morgan fingerprint density at radius 2 is 2.16 bits per heavy atom. The number of ether oxygens (including phenoxy) is 1. The summed E-state index contributed by atoms with van der Waals surface area (Å²) in [6.45, 7) is 6.42. The number of fused-ring (bicyclic) bond motifs is 4. The Morgan fingerprint density at radius 3 is 2.88 bits per heavy atom. The number of benzene rings is 1. The lowest BCUT2D eigenvalue weighted by Crippen LogP contribution is -2.58. The predicted octanol–water partition coefficient (Wildman–Crippen LogP) is 1.41. The average molecular weight is 362 g/mol. The summed E-state index contributed by atoms with van der Waals surface area (Å²) in [6.07, 6.45) is 2.14. The highest BCUT2D eigenvalue weighted by molar-refractivity contribution is 6.10. The molecule has 3 aliphatic rings. The van der Waals surface area contributed by atoms with Crippen molar-refractivity contribution in [2.24, 2.45) is 5.10 Å². The zero-order valence-corrected chi connectivity index (χ0v) is 14.9. The van der Waals surface area contributed by atoms with E-state index in [1.165, 1.54) is 0 Å². The number of hydrogen-bond acceptors (Lipinski definition) is 5. The van der Waals surface area contributed by atoms with E-state index in [-0.39, 0.29) is 29.9 Å². The first-order valence-electron chi connectivity index (χ1n) is 8.22. The van der Waals surface area contributed by atoms with Crippen LogP contribution in [0.2, 0.25) is 0 Å². The van der Waals surface area contributed by atoms with Gasteiger partial charge in [0, 0.05) is 24.7 Å². The molecule has 0 aliphatic carbocycles. The second kappa shape index (κ2) is 5.37. The summed E-state index contributed by atoms with van der Waals surface area (Å²) in [7, 11) is 0. The van der Waals surface area contributed by atoms with Crippen LogP contribution in [0, 0.1) is 0 Å². The molecule has 8 heteroatoms. The Kier molecular flexibility index (Phi) is 3.49. The number of halogens is 1. The quantitative estimate of drug-likeness (QED) is 0.805. The maximum Gasteiger partial charge on any atom is 0.262 e. The summed E-state index contributed by atoms with van der Waals surface area (Å²) in [5.41, 5.74) is 4.71. The number of carbonyl (C=O) groups excluding carboxylic acids is 1. The molecule has 7 nitrogen and oxygen atoms in total. The number of amides is 1. The van der Waals surface area contributed by atoms with Crippen LogP contribution in [0.15, 0.2) is 29.5 Å². The van der Waals surface area contributed by atoms with Crippen LogP contribution in [0.4, 0.5) is 5.69 Å². The van der Waals surface area contributed by atoms with Gasteiger partial charge in [-0.2, -0.15) is 5.10 Å². The number of amidine groups is 1. The Morgan fingerprint density at radius 1 is 1.36 bits per heavy atom. The first-order chi connectivity index (χ1) is 11.6. The first kappa shape index (κ1) is 16.2. The SMILES string of the molecule is CC1C(=O)NN=C2COc3cc4ccn(C5(C)CNC5)c4cc3N21.Cl. The highest BCUT2D eigenvalue weighted by Gasteiger charge is 2.37. The molecule has 1 aromatic heterocycles. The van der Waals surface area contributed by atoms with E-state index in [0.29, 0.717) is 6.61 Å². The molecule has 0 bridgehead atoms. The third-order valence-corrected chi connectivity index (χ3v) is 5.32. The van der Waals surface area contributed by atoms with Gasteiger partial charge in [-0.05, 0) is 32.0 Å². The van der Waals surface area contributed by atoms with Crippen LogP contribution in [0.25, 0.3) is 10.9 Å². The van der Waals surface area contributed by atoms with Crippen molar-refractivity contribution in [2.75, 3.05) is 24.6 Å². The zero-order valence-electron chi connectivity index (χ0n) is 14.1. The number of hydrogen-bond donors (Lipinski definition) is 2. The molecular formula is C17H20ClN5O2. The number of aromatic nitrogens is 1. The van der Waals surface area contributed by atoms with Gasteiger partial charge in [-0.25, -0.2) is 5.43 Å². The average Bonchev–Trinajstić information content (AvgIpc) is 2.97. The molecule has 1 atom stereocenters. The smallest absolute Gasteiger partial charge is 0.262 e. The van der Waals surface area contributed by atoms with E-state index in [0.717, 1.165) is 41.3 Å². The van der Waals surface area contributed by atoms with Gasteiger partial charge in [0.2, 0.25) is 0 Å². The lowest BCUT2D eigenvalue weighted by atomic mass is 9.94. The molecule has 0 spiro atoms. The van der Waals surface area contributed by atoms with Crippen LogP contribution in [0.1, 0.15) is 13.8 Å². The number of nitrogens with zero attached hydrogens (tertiary/aromatic N) is 3. The summed E-state index contributed by atoms with van der Waals surface area (Å²) >= 11 is 0. The predicted molar refractivity (Wildman–Crippen MR) is 98.7 cm³/mol. The van der Waals surface area contributed by atoms with Gasteiger partial charge in [0.25, 0.3) is 5.91 Å². The number of nitrogens with one attached hydrogen (secondary N) is 2. The molecule has 3 aliphatic heterocycles. The number of carbonyl (C=O) groups is 1. The molecule has 0 saturated carbocycles. The van der Waals surface area contributed by atoms with Gasteiger partial charge in [0.1, 0.15) is 18.4 Å². The van der Waals surface area contributed by atoms with E-state index in [1.807, 2.05) is 11.8 Å². The summed E-state index contributed by atoms with van der Waals surface area (Å²) in [5.74, 6) is 1.44. The van der Waals surface area contributed by atoms with E-state index in [1.54, 1.807) is 0 Å². The molecule has 4 heterocycles. The van der Waals surface area contributed by atoms with E-state index < -0.39 is 0 Å². The Hall–Kier alpha value is -2.25. The molecule has 132 valence electrons. The van der Waals surface area contributed by atoms with Crippen LogP contribution < -0.4 is 20.4 Å². The highest BCUT2D eigenvalue weighted by Crippen LogP contribution is 2.40. The van der Waals surface area contributed by atoms with E-state index in [2.05, 4.69) is 51.7 Å². The lowest BCUT2D eigenvalue weighted by molar-refractivity contribution is -0.122. The molecule has 1 aromatic carbocycles. The van der Waals surface area contributed by atoms with Crippen molar-refractivity contribution >= 4 is 40.7 Å². The van der Waals surface area contributed by atoms with Crippen LogP contribution >= 0.6 is 12.4 Å². The second-order valence-electron chi connectivity index (χ2n) is 7.00. The molecule has 5 rings (SSSR count). The number of anilines is 1. The van der Waals surface area contributed by atoms with Gasteiger partial charge in [-0.3, -0.25) is 4.79 Å². The topological polar surface area (TPSA) is 70.9 Å². The van der Waals surface area contributed by atoms with Gasteiger partial charge >= 0.3 is 0 Å². The van der Waals surface area contributed by atoms with Crippen molar-refractivity contribution in [1.29, 1.82) is 0 Å². The maximum absolute atomic E-state index is 12.0. The van der Waals surface area contributed by atoms with Crippen molar-refractivity contribution in [1.82, 2.24) is 15.3 Å². The molecule has 2 aromatic rings. The molecule has 1 saturated heterocycles. The van der Waals surface area contributed by atoms with Gasteiger partial charge in [0.15, 0.2) is 5.84 Å². The highest BCUT2D eigenvalue weighted by atomic mass is 35.5. The fourth-order valence-corrected chi connectivity index (χ4v) is 3.78. The van der Waals surface area contributed by atoms with Crippen molar-refractivity contribution in [3.05, 3.63) is 24.4 Å². The van der Waals surface area contributed by atoms with Gasteiger partial charge in [0.05, 0.1) is 16.7 Å². The molecule has 1 amide bonds. The zero-order chi connectivity index (χ0) is 16.5. The van der Waals surface area contributed by atoms with Gasteiger partial charge in [-0.1, -0.05) is 0 Å². The van der Waals surface area contributed by atoms with Crippen LogP contribution in [-0.4, -0.2) is 42.0 Å². The third kappa shape index (κ3) is 2.15. The monoisotopic (exact) mass is 361 g/mol. The molecular weight excluding hydrogens is 342 g/mol. The van der Waals surface area contributed by atoms with Gasteiger partial charge < -0.3 is 19.5 Å². The van der Waals surface area contributed by atoms with Crippen molar-refractivity contribution < 1.29 is 9.53 Å². The fourth-order valence-electron chi connectivity index (χ4n) is 3.78. The summed E-state index contributed by atoms with van der Waals surface area (Å²) < 4.78 is 8.19. The minimum absolute atomic E-state index is 0.